The van der Waals surface area contributed by atoms with Crippen molar-refractivity contribution in [2.75, 3.05) is 7.11 Å². The summed E-state index contributed by atoms with van der Waals surface area (Å²) in [6, 6.07) is 5.03. The summed E-state index contributed by atoms with van der Waals surface area (Å²) < 4.78 is 7.57. The van der Waals surface area contributed by atoms with Crippen molar-refractivity contribution in [3.8, 4) is 22.9 Å². The minimum absolute atomic E-state index is 0.155. The molecule has 0 atom stereocenters. The van der Waals surface area contributed by atoms with Gasteiger partial charge in [0.05, 0.1) is 12.7 Å². The van der Waals surface area contributed by atoms with Crippen molar-refractivity contribution in [2.24, 2.45) is 0 Å². The van der Waals surface area contributed by atoms with E-state index in [-0.39, 0.29) is 5.75 Å². The van der Waals surface area contributed by atoms with Gasteiger partial charge in [0.25, 0.3) is 0 Å². The lowest BCUT2D eigenvalue weighted by atomic mass is 10.1. The number of benzene rings is 1. The van der Waals surface area contributed by atoms with Crippen molar-refractivity contribution in [3.63, 3.8) is 0 Å². The van der Waals surface area contributed by atoms with Crippen LogP contribution in [0, 0.1) is 4.77 Å². The number of rotatable bonds is 4. The van der Waals surface area contributed by atoms with Crippen LogP contribution in [0.2, 0.25) is 0 Å². The highest BCUT2D eigenvalue weighted by Gasteiger charge is 2.13. The lowest BCUT2D eigenvalue weighted by Crippen LogP contribution is -2.00. The molecule has 0 radical (unpaired) electrons. The van der Waals surface area contributed by atoms with Gasteiger partial charge in [-0.25, -0.2) is 0 Å². The Bertz CT molecular complexity index is 604. The molecule has 5 nitrogen and oxygen atoms in total. The minimum Gasteiger partial charge on any atom is -0.507 e. The van der Waals surface area contributed by atoms with Crippen molar-refractivity contribution >= 4 is 12.2 Å². The number of phenolic OH excluding ortho intramolecular Hbond substituents is 1. The normalized spacial score (nSPS) is 10.6. The van der Waals surface area contributed by atoms with E-state index in [1.54, 1.807) is 25.3 Å². The Morgan fingerprint density at radius 2 is 2.28 bits per heavy atom. The van der Waals surface area contributed by atoms with E-state index in [1.807, 2.05) is 4.57 Å². The number of hydrogen-bond donors (Lipinski definition) is 2. The standard InChI is InChI=1S/C12H15N3O2S/c1-3-6-15-11(13-14-12(15)18)9-7-8(17-2)4-5-10(9)16/h4-5,7,16H,3,6H2,1-2H3,(H,14,18). The average Bonchev–Trinajstić information content (AvgIpc) is 2.73. The largest absolute Gasteiger partial charge is 0.507 e. The van der Waals surface area contributed by atoms with E-state index < -0.39 is 0 Å². The Hall–Kier alpha value is -1.82. The molecule has 0 saturated heterocycles. The van der Waals surface area contributed by atoms with Crippen molar-refractivity contribution in [1.82, 2.24) is 14.8 Å². The van der Waals surface area contributed by atoms with Gasteiger partial charge in [-0.2, -0.15) is 5.10 Å². The summed E-state index contributed by atoms with van der Waals surface area (Å²) in [5.74, 6) is 1.44. The summed E-state index contributed by atoms with van der Waals surface area (Å²) in [4.78, 5) is 0. The van der Waals surface area contributed by atoms with Crippen molar-refractivity contribution < 1.29 is 9.84 Å². The van der Waals surface area contributed by atoms with Crippen LogP contribution in [-0.2, 0) is 6.54 Å². The summed E-state index contributed by atoms with van der Waals surface area (Å²) >= 11 is 5.17. The van der Waals surface area contributed by atoms with E-state index in [9.17, 15) is 5.11 Å². The maximum atomic E-state index is 9.93. The fourth-order valence-electron chi connectivity index (χ4n) is 1.78. The number of aromatic hydroxyl groups is 1. The molecule has 0 fully saturated rings. The number of H-pyrrole nitrogens is 1. The van der Waals surface area contributed by atoms with Gasteiger partial charge < -0.3 is 14.4 Å². The molecule has 0 amide bonds. The van der Waals surface area contributed by atoms with Crippen LogP contribution in [0.15, 0.2) is 18.2 Å². The molecule has 0 aliphatic rings. The summed E-state index contributed by atoms with van der Waals surface area (Å²) in [5, 5.41) is 16.8. The first-order chi connectivity index (χ1) is 8.67. The fraction of sp³-hybridized carbons (Fsp3) is 0.333. The number of aromatic nitrogens is 3. The molecule has 0 saturated carbocycles. The fourth-order valence-corrected chi connectivity index (χ4v) is 2.00. The zero-order valence-electron chi connectivity index (χ0n) is 10.3. The molecule has 0 spiro atoms. The first-order valence-corrected chi connectivity index (χ1v) is 6.10. The SMILES string of the molecule is CCCn1c(-c2cc(OC)ccc2O)n[nH]c1=S. The van der Waals surface area contributed by atoms with Gasteiger partial charge in [-0.15, -0.1) is 0 Å². The van der Waals surface area contributed by atoms with Gasteiger partial charge in [-0.1, -0.05) is 6.92 Å². The predicted molar refractivity (Wildman–Crippen MR) is 71.4 cm³/mol. The molecule has 0 aliphatic carbocycles. The van der Waals surface area contributed by atoms with Crippen LogP contribution < -0.4 is 4.74 Å². The maximum absolute atomic E-state index is 9.93. The van der Waals surface area contributed by atoms with E-state index >= 15 is 0 Å². The number of nitrogens with one attached hydrogen (secondary N) is 1. The lowest BCUT2D eigenvalue weighted by molar-refractivity contribution is 0.412. The third kappa shape index (κ3) is 2.24. The van der Waals surface area contributed by atoms with Crippen molar-refractivity contribution in [3.05, 3.63) is 23.0 Å². The van der Waals surface area contributed by atoms with E-state index in [0.717, 1.165) is 13.0 Å². The molecule has 6 heteroatoms. The smallest absolute Gasteiger partial charge is 0.195 e. The van der Waals surface area contributed by atoms with Crippen LogP contribution in [0.1, 0.15) is 13.3 Å². The summed E-state index contributed by atoms with van der Waals surface area (Å²) in [6.45, 7) is 2.81. The molecule has 2 rings (SSSR count). The van der Waals surface area contributed by atoms with Gasteiger partial charge in [0.15, 0.2) is 10.6 Å². The van der Waals surface area contributed by atoms with E-state index in [4.69, 9.17) is 17.0 Å². The van der Waals surface area contributed by atoms with Crippen molar-refractivity contribution in [2.45, 2.75) is 19.9 Å². The molecule has 0 aliphatic heterocycles. The number of hydrogen-bond acceptors (Lipinski definition) is 4. The molecule has 1 aromatic heterocycles. The van der Waals surface area contributed by atoms with Gasteiger partial charge in [-0.3, -0.25) is 5.10 Å². The Labute approximate surface area is 110 Å². The van der Waals surface area contributed by atoms with Crippen molar-refractivity contribution in [1.29, 1.82) is 0 Å². The highest BCUT2D eigenvalue weighted by atomic mass is 32.1. The van der Waals surface area contributed by atoms with E-state index in [2.05, 4.69) is 17.1 Å². The quantitative estimate of drug-likeness (QED) is 0.834. The molecule has 0 unspecified atom stereocenters. The first-order valence-electron chi connectivity index (χ1n) is 5.70. The number of phenols is 1. The highest BCUT2D eigenvalue weighted by molar-refractivity contribution is 7.71. The summed E-state index contributed by atoms with van der Waals surface area (Å²) in [5.41, 5.74) is 0.607. The molecule has 1 aromatic carbocycles. The van der Waals surface area contributed by atoms with Crippen LogP contribution in [0.25, 0.3) is 11.4 Å². The van der Waals surface area contributed by atoms with Gasteiger partial charge in [0, 0.05) is 6.54 Å². The third-order valence-electron chi connectivity index (χ3n) is 2.65. The maximum Gasteiger partial charge on any atom is 0.195 e. The second kappa shape index (κ2) is 5.22. The van der Waals surface area contributed by atoms with E-state index in [1.165, 1.54) is 0 Å². The van der Waals surface area contributed by atoms with Crippen LogP contribution in [0.4, 0.5) is 0 Å². The summed E-state index contributed by atoms with van der Waals surface area (Å²) in [7, 11) is 1.58. The molecule has 2 aromatic rings. The first kappa shape index (κ1) is 12.6. The zero-order valence-corrected chi connectivity index (χ0v) is 11.1. The van der Waals surface area contributed by atoms with Gasteiger partial charge in [0.2, 0.25) is 0 Å². The Balaban J connectivity index is 2.57. The molecular formula is C12H15N3O2S. The second-order valence-corrected chi connectivity index (χ2v) is 4.27. The topological polar surface area (TPSA) is 63.1 Å². The predicted octanol–water partition coefficient (Wildman–Crippen LogP) is 2.73. The van der Waals surface area contributed by atoms with Crippen LogP contribution in [0.5, 0.6) is 11.5 Å². The molecular weight excluding hydrogens is 250 g/mol. The lowest BCUT2D eigenvalue weighted by Gasteiger charge is -2.08. The number of aromatic amines is 1. The molecule has 18 heavy (non-hydrogen) atoms. The number of nitrogens with zero attached hydrogens (tertiary/aromatic N) is 2. The molecule has 0 bridgehead atoms. The van der Waals surface area contributed by atoms with Crippen LogP contribution >= 0.6 is 12.2 Å². The Kier molecular flexibility index (Phi) is 3.66. The zero-order chi connectivity index (χ0) is 13.1. The second-order valence-electron chi connectivity index (χ2n) is 3.89. The van der Waals surface area contributed by atoms with Gasteiger partial charge >= 0.3 is 0 Å². The molecule has 96 valence electrons. The van der Waals surface area contributed by atoms with Gasteiger partial charge in [-0.05, 0) is 36.8 Å². The number of ether oxygens (including phenoxy) is 1. The molecule has 1 heterocycles. The minimum atomic E-state index is 0.155. The monoisotopic (exact) mass is 265 g/mol. The molecule has 2 N–H and O–H groups in total. The summed E-state index contributed by atoms with van der Waals surface area (Å²) in [6.07, 6.45) is 0.936. The Morgan fingerprint density at radius 1 is 1.50 bits per heavy atom. The highest BCUT2D eigenvalue weighted by Crippen LogP contribution is 2.31. The number of methoxy groups -OCH3 is 1. The van der Waals surface area contributed by atoms with Crippen LogP contribution in [-0.4, -0.2) is 27.0 Å². The van der Waals surface area contributed by atoms with Crippen LogP contribution in [0.3, 0.4) is 0 Å². The third-order valence-corrected chi connectivity index (χ3v) is 2.96. The Morgan fingerprint density at radius 3 is 2.94 bits per heavy atom. The van der Waals surface area contributed by atoms with Gasteiger partial charge in [0.1, 0.15) is 11.5 Å². The average molecular weight is 265 g/mol. The van der Waals surface area contributed by atoms with E-state index in [0.29, 0.717) is 21.9 Å².